The Morgan fingerprint density at radius 1 is 1.27 bits per heavy atom. The Hall–Kier alpha value is -2.42. The van der Waals surface area contributed by atoms with Crippen LogP contribution in [0.1, 0.15) is 17.5 Å². The predicted molar refractivity (Wildman–Crippen MR) is 95.4 cm³/mol. The van der Waals surface area contributed by atoms with Crippen molar-refractivity contribution in [2.75, 3.05) is 33.4 Å². The lowest BCUT2D eigenvalue weighted by atomic mass is 10.1. The number of benzene rings is 1. The van der Waals surface area contributed by atoms with Gasteiger partial charge in [-0.25, -0.2) is 4.68 Å². The summed E-state index contributed by atoms with van der Waals surface area (Å²) in [4.78, 5) is 6.83. The molecule has 4 rings (SSSR count). The maximum Gasteiger partial charge on any atom is 0.181 e. The molecule has 0 bridgehead atoms. The fourth-order valence-electron chi connectivity index (χ4n) is 3.33. The van der Waals surface area contributed by atoms with Crippen LogP contribution in [0.25, 0.3) is 10.9 Å². The fourth-order valence-corrected chi connectivity index (χ4v) is 3.33. The Kier molecular flexibility index (Phi) is 5.14. The average molecular weight is 354 g/mol. The number of tetrazole rings is 1. The summed E-state index contributed by atoms with van der Waals surface area (Å²) in [5.74, 6) is 0.756. The average Bonchev–Trinajstić information content (AvgIpc) is 3.15. The number of rotatable bonds is 6. The number of fused-ring (bicyclic) bond motifs is 1. The van der Waals surface area contributed by atoms with Crippen molar-refractivity contribution in [3.05, 3.63) is 47.9 Å². The molecule has 8 nitrogen and oxygen atoms in total. The normalized spacial score (nSPS) is 18.4. The molecule has 0 aliphatic carbocycles. The molecule has 0 saturated carbocycles. The zero-order valence-corrected chi connectivity index (χ0v) is 14.8. The molecule has 3 aromatic rings. The molecule has 0 radical (unpaired) electrons. The molecule has 1 aromatic carbocycles. The molecule has 136 valence electrons. The van der Waals surface area contributed by atoms with Crippen molar-refractivity contribution in [2.24, 2.45) is 0 Å². The topological polar surface area (TPSA) is 78.2 Å². The molecule has 0 amide bonds. The minimum Gasteiger partial charge on any atom is -0.383 e. The number of aromatic nitrogens is 5. The Labute approximate surface area is 151 Å². The van der Waals surface area contributed by atoms with E-state index in [2.05, 4.69) is 43.6 Å². The summed E-state index contributed by atoms with van der Waals surface area (Å²) in [6.45, 7) is 4.33. The number of hydrogen-bond donors (Lipinski definition) is 0. The van der Waals surface area contributed by atoms with Gasteiger partial charge in [0.15, 0.2) is 5.82 Å². The van der Waals surface area contributed by atoms with E-state index in [9.17, 15) is 0 Å². The van der Waals surface area contributed by atoms with Gasteiger partial charge in [-0.15, -0.1) is 5.10 Å². The molecular formula is C18H22N6O2. The minimum absolute atomic E-state index is 0.135. The first-order valence-corrected chi connectivity index (χ1v) is 8.77. The van der Waals surface area contributed by atoms with Gasteiger partial charge in [-0.1, -0.05) is 18.2 Å². The van der Waals surface area contributed by atoms with E-state index in [4.69, 9.17) is 9.47 Å². The van der Waals surface area contributed by atoms with E-state index in [1.807, 2.05) is 18.3 Å². The van der Waals surface area contributed by atoms with Crippen LogP contribution in [0.15, 0.2) is 36.5 Å². The van der Waals surface area contributed by atoms with Crippen LogP contribution in [-0.4, -0.2) is 63.5 Å². The Bertz CT molecular complexity index is 862. The molecule has 1 atom stereocenters. The SMILES string of the molecule is COCCn1nnnc1[C@@H]1CN(Cc2cccc3ncccc23)CCO1. The van der Waals surface area contributed by atoms with Gasteiger partial charge in [0, 0.05) is 38.3 Å². The van der Waals surface area contributed by atoms with Crippen LogP contribution in [0.2, 0.25) is 0 Å². The van der Waals surface area contributed by atoms with Crippen molar-refractivity contribution in [3.8, 4) is 0 Å². The molecule has 3 heterocycles. The first-order chi connectivity index (χ1) is 12.8. The molecule has 26 heavy (non-hydrogen) atoms. The summed E-state index contributed by atoms with van der Waals surface area (Å²) < 4.78 is 12.8. The van der Waals surface area contributed by atoms with Gasteiger partial charge in [0.25, 0.3) is 0 Å². The van der Waals surface area contributed by atoms with E-state index in [1.165, 1.54) is 10.9 Å². The highest BCUT2D eigenvalue weighted by Gasteiger charge is 2.27. The van der Waals surface area contributed by atoms with Crippen molar-refractivity contribution in [3.63, 3.8) is 0 Å². The van der Waals surface area contributed by atoms with Gasteiger partial charge in [0.05, 0.1) is 25.3 Å². The van der Waals surface area contributed by atoms with Gasteiger partial charge in [-0.2, -0.15) is 0 Å². The van der Waals surface area contributed by atoms with Crippen LogP contribution in [0, 0.1) is 0 Å². The van der Waals surface area contributed by atoms with Crippen LogP contribution >= 0.6 is 0 Å². The minimum atomic E-state index is -0.135. The zero-order valence-electron chi connectivity index (χ0n) is 14.8. The van der Waals surface area contributed by atoms with Crippen molar-refractivity contribution < 1.29 is 9.47 Å². The van der Waals surface area contributed by atoms with E-state index < -0.39 is 0 Å². The second kappa shape index (κ2) is 7.86. The zero-order chi connectivity index (χ0) is 17.8. The molecule has 1 aliphatic rings. The fraction of sp³-hybridized carbons (Fsp3) is 0.444. The summed E-state index contributed by atoms with van der Waals surface area (Å²) in [6, 6.07) is 10.4. The summed E-state index contributed by atoms with van der Waals surface area (Å²) in [5, 5.41) is 13.2. The summed E-state index contributed by atoms with van der Waals surface area (Å²) in [5.41, 5.74) is 2.30. The number of methoxy groups -OCH3 is 1. The van der Waals surface area contributed by atoms with E-state index in [0.29, 0.717) is 19.8 Å². The van der Waals surface area contributed by atoms with Crippen LogP contribution in [-0.2, 0) is 22.6 Å². The Morgan fingerprint density at radius 2 is 2.23 bits per heavy atom. The standard InChI is InChI=1S/C18H22N6O2/c1-25-10-9-24-18(20-21-22-24)17-13-23(8-11-26-17)12-14-4-2-6-16-15(14)5-3-7-19-16/h2-7,17H,8-13H2,1H3/t17-/m0/s1. The first-order valence-electron chi connectivity index (χ1n) is 8.77. The third kappa shape index (κ3) is 3.57. The summed E-state index contributed by atoms with van der Waals surface area (Å²) >= 11 is 0. The van der Waals surface area contributed by atoms with Gasteiger partial charge < -0.3 is 9.47 Å². The first kappa shape index (κ1) is 17.0. The van der Waals surface area contributed by atoms with Gasteiger partial charge in [0.1, 0.15) is 6.10 Å². The van der Waals surface area contributed by atoms with Crippen LogP contribution < -0.4 is 0 Å². The second-order valence-corrected chi connectivity index (χ2v) is 6.33. The quantitative estimate of drug-likeness (QED) is 0.663. The number of ether oxygens (including phenoxy) is 2. The van der Waals surface area contributed by atoms with E-state index in [1.54, 1.807) is 11.8 Å². The smallest absolute Gasteiger partial charge is 0.181 e. The largest absolute Gasteiger partial charge is 0.383 e. The lowest BCUT2D eigenvalue weighted by Crippen LogP contribution is -2.39. The molecular weight excluding hydrogens is 332 g/mol. The molecule has 0 spiro atoms. The van der Waals surface area contributed by atoms with E-state index in [-0.39, 0.29) is 6.10 Å². The van der Waals surface area contributed by atoms with Crippen molar-refractivity contribution in [2.45, 2.75) is 19.2 Å². The maximum absolute atomic E-state index is 5.94. The van der Waals surface area contributed by atoms with Crippen LogP contribution in [0.5, 0.6) is 0 Å². The molecule has 2 aromatic heterocycles. The van der Waals surface area contributed by atoms with Gasteiger partial charge >= 0.3 is 0 Å². The van der Waals surface area contributed by atoms with E-state index >= 15 is 0 Å². The second-order valence-electron chi connectivity index (χ2n) is 6.33. The molecule has 1 saturated heterocycles. The maximum atomic E-state index is 5.94. The number of nitrogens with zero attached hydrogens (tertiary/aromatic N) is 6. The summed E-state index contributed by atoms with van der Waals surface area (Å²) in [7, 11) is 1.67. The monoisotopic (exact) mass is 354 g/mol. The van der Waals surface area contributed by atoms with Crippen molar-refractivity contribution in [1.82, 2.24) is 30.1 Å². The van der Waals surface area contributed by atoms with Crippen LogP contribution in [0.3, 0.4) is 0 Å². The molecule has 0 N–H and O–H groups in total. The molecule has 1 fully saturated rings. The third-order valence-corrected chi connectivity index (χ3v) is 4.64. The van der Waals surface area contributed by atoms with Gasteiger partial charge in [0.2, 0.25) is 0 Å². The van der Waals surface area contributed by atoms with Crippen molar-refractivity contribution in [1.29, 1.82) is 0 Å². The highest BCUT2D eigenvalue weighted by atomic mass is 16.5. The Morgan fingerprint density at radius 3 is 3.15 bits per heavy atom. The summed E-state index contributed by atoms with van der Waals surface area (Å²) in [6.07, 6.45) is 1.69. The molecule has 8 heteroatoms. The molecule has 1 aliphatic heterocycles. The number of hydrogen-bond acceptors (Lipinski definition) is 7. The number of pyridine rings is 1. The van der Waals surface area contributed by atoms with Gasteiger partial charge in [-0.05, 0) is 28.1 Å². The molecule has 0 unspecified atom stereocenters. The van der Waals surface area contributed by atoms with Crippen LogP contribution in [0.4, 0.5) is 0 Å². The lowest BCUT2D eigenvalue weighted by molar-refractivity contribution is -0.0395. The third-order valence-electron chi connectivity index (χ3n) is 4.64. The predicted octanol–water partition coefficient (Wildman–Crippen LogP) is 1.44. The lowest BCUT2D eigenvalue weighted by Gasteiger charge is -2.32. The highest BCUT2D eigenvalue weighted by molar-refractivity contribution is 5.81. The highest BCUT2D eigenvalue weighted by Crippen LogP contribution is 2.23. The van der Waals surface area contributed by atoms with E-state index in [0.717, 1.165) is 31.0 Å². The number of morpholine rings is 1. The van der Waals surface area contributed by atoms with Gasteiger partial charge in [-0.3, -0.25) is 9.88 Å². The van der Waals surface area contributed by atoms with Crippen molar-refractivity contribution >= 4 is 10.9 Å². The Balaban J connectivity index is 1.49.